The number of hydrogen-bond donors (Lipinski definition) is 2. The highest BCUT2D eigenvalue weighted by Crippen LogP contribution is 2.30. The molecule has 0 spiro atoms. The van der Waals surface area contributed by atoms with Crippen LogP contribution in [0.5, 0.6) is 11.5 Å². The molecule has 1 aromatic carbocycles. The number of amides is 2. The van der Waals surface area contributed by atoms with Gasteiger partial charge in [-0.1, -0.05) is 12.5 Å². The zero-order valence-electron chi connectivity index (χ0n) is 14.6. The maximum absolute atomic E-state index is 12.2. The van der Waals surface area contributed by atoms with E-state index in [1.165, 1.54) is 25.8 Å². The summed E-state index contributed by atoms with van der Waals surface area (Å²) in [5.74, 6) is 1.61. The summed E-state index contributed by atoms with van der Waals surface area (Å²) in [7, 11) is 0. The summed E-state index contributed by atoms with van der Waals surface area (Å²) in [4.78, 5) is 14.7. The van der Waals surface area contributed by atoms with Gasteiger partial charge in [0.15, 0.2) is 11.5 Å². The van der Waals surface area contributed by atoms with Gasteiger partial charge in [0.2, 0.25) is 0 Å². The Labute approximate surface area is 148 Å². The van der Waals surface area contributed by atoms with Gasteiger partial charge < -0.3 is 20.1 Å². The average Bonchev–Trinajstić information content (AvgIpc) is 3.05. The van der Waals surface area contributed by atoms with Gasteiger partial charge in [-0.3, -0.25) is 4.90 Å². The number of piperidine rings is 1. The Morgan fingerprint density at radius 2 is 2.00 bits per heavy atom. The third kappa shape index (κ3) is 3.84. The van der Waals surface area contributed by atoms with Crippen molar-refractivity contribution in [2.75, 3.05) is 32.8 Å². The highest BCUT2D eigenvalue weighted by molar-refractivity contribution is 5.74. The molecule has 2 atom stereocenters. The normalized spacial score (nSPS) is 25.3. The van der Waals surface area contributed by atoms with E-state index in [2.05, 4.69) is 15.5 Å². The van der Waals surface area contributed by atoms with Crippen LogP contribution in [-0.4, -0.2) is 55.9 Å². The molecule has 0 aliphatic carbocycles. The molecule has 0 unspecified atom stereocenters. The molecule has 0 aromatic heterocycles. The minimum atomic E-state index is -0.0463. The Morgan fingerprint density at radius 1 is 1.12 bits per heavy atom. The summed E-state index contributed by atoms with van der Waals surface area (Å²) < 4.78 is 11.1. The molecule has 4 rings (SSSR count). The molecule has 2 amide bonds. The molecule has 2 saturated heterocycles. The molecule has 2 N–H and O–H groups in total. The molecule has 2 fully saturated rings. The fourth-order valence-corrected chi connectivity index (χ4v) is 4.20. The molecule has 136 valence electrons. The van der Waals surface area contributed by atoms with Gasteiger partial charge in [-0.15, -0.1) is 0 Å². The number of hydrogen-bond acceptors (Lipinski definition) is 4. The number of fused-ring (bicyclic) bond motifs is 2. The van der Waals surface area contributed by atoms with E-state index < -0.39 is 0 Å². The lowest BCUT2D eigenvalue weighted by Crippen LogP contribution is -2.49. The summed E-state index contributed by atoms with van der Waals surface area (Å²) in [6, 6.07) is 6.77. The molecule has 3 aliphatic rings. The van der Waals surface area contributed by atoms with E-state index in [-0.39, 0.29) is 6.03 Å². The lowest BCUT2D eigenvalue weighted by Gasteiger charge is -2.32. The van der Waals surface area contributed by atoms with Gasteiger partial charge in [0.05, 0.1) is 0 Å². The third-order valence-corrected chi connectivity index (χ3v) is 5.48. The SMILES string of the molecule is O=C(NCCc1ccc2c(c1)OCCO2)N[C@@H]1CCN2CCCC[C@H]12. The van der Waals surface area contributed by atoms with Crippen molar-refractivity contribution in [2.45, 2.75) is 44.2 Å². The molecular formula is C19H27N3O3. The van der Waals surface area contributed by atoms with E-state index in [0.29, 0.717) is 31.8 Å². The summed E-state index contributed by atoms with van der Waals surface area (Å²) in [6.45, 7) is 4.12. The molecule has 3 aliphatic heterocycles. The van der Waals surface area contributed by atoms with E-state index in [1.807, 2.05) is 18.2 Å². The van der Waals surface area contributed by atoms with Crippen molar-refractivity contribution in [2.24, 2.45) is 0 Å². The Bertz CT molecular complexity index is 622. The van der Waals surface area contributed by atoms with E-state index in [0.717, 1.165) is 36.4 Å². The van der Waals surface area contributed by atoms with Crippen LogP contribution in [0.4, 0.5) is 4.79 Å². The number of carbonyl (C=O) groups excluding carboxylic acids is 1. The largest absolute Gasteiger partial charge is 0.486 e. The van der Waals surface area contributed by atoms with Gasteiger partial charge in [0.25, 0.3) is 0 Å². The quantitative estimate of drug-likeness (QED) is 0.875. The minimum Gasteiger partial charge on any atom is -0.486 e. The summed E-state index contributed by atoms with van der Waals surface area (Å²) >= 11 is 0. The van der Waals surface area contributed by atoms with Crippen molar-refractivity contribution in [3.05, 3.63) is 23.8 Å². The second kappa shape index (κ2) is 7.52. The minimum absolute atomic E-state index is 0.0463. The predicted octanol–water partition coefficient (Wildman–Crippen LogP) is 1.93. The summed E-state index contributed by atoms with van der Waals surface area (Å²) in [5.41, 5.74) is 1.14. The first-order valence-electron chi connectivity index (χ1n) is 9.46. The van der Waals surface area contributed by atoms with Crippen LogP contribution in [0.15, 0.2) is 18.2 Å². The molecule has 25 heavy (non-hydrogen) atoms. The molecule has 3 heterocycles. The fourth-order valence-electron chi connectivity index (χ4n) is 4.20. The number of benzene rings is 1. The molecule has 0 radical (unpaired) electrons. The van der Waals surface area contributed by atoms with Gasteiger partial charge in [-0.2, -0.15) is 0 Å². The zero-order chi connectivity index (χ0) is 17.1. The Morgan fingerprint density at radius 3 is 2.92 bits per heavy atom. The van der Waals surface area contributed by atoms with Crippen molar-refractivity contribution in [1.82, 2.24) is 15.5 Å². The number of nitrogens with zero attached hydrogens (tertiary/aromatic N) is 1. The van der Waals surface area contributed by atoms with Gasteiger partial charge in [-0.05, 0) is 49.9 Å². The lowest BCUT2D eigenvalue weighted by molar-refractivity contribution is 0.171. The van der Waals surface area contributed by atoms with Crippen LogP contribution in [0.2, 0.25) is 0 Å². The molecule has 0 saturated carbocycles. The van der Waals surface area contributed by atoms with Crippen molar-refractivity contribution < 1.29 is 14.3 Å². The van der Waals surface area contributed by atoms with Crippen LogP contribution < -0.4 is 20.1 Å². The summed E-state index contributed by atoms with van der Waals surface area (Å²) in [6.07, 6.45) is 5.64. The van der Waals surface area contributed by atoms with Crippen molar-refractivity contribution in [1.29, 1.82) is 0 Å². The number of ether oxygens (including phenoxy) is 2. The van der Waals surface area contributed by atoms with E-state index in [4.69, 9.17) is 9.47 Å². The predicted molar refractivity (Wildman–Crippen MR) is 95.3 cm³/mol. The van der Waals surface area contributed by atoms with Crippen LogP contribution in [0.25, 0.3) is 0 Å². The average molecular weight is 345 g/mol. The first-order valence-corrected chi connectivity index (χ1v) is 9.46. The first kappa shape index (κ1) is 16.5. The standard InChI is InChI=1S/C19H27N3O3/c23-19(21-15-7-10-22-9-2-1-3-16(15)22)20-8-6-14-4-5-17-18(13-14)25-12-11-24-17/h4-5,13,15-16H,1-3,6-12H2,(H2,20,21,23)/t15-,16-/m1/s1. The number of rotatable bonds is 4. The first-order chi connectivity index (χ1) is 12.3. The Balaban J connectivity index is 1.23. The summed E-state index contributed by atoms with van der Waals surface area (Å²) in [5, 5.41) is 6.17. The number of carbonyl (C=O) groups is 1. The van der Waals surface area contributed by atoms with Gasteiger partial charge in [0, 0.05) is 25.2 Å². The smallest absolute Gasteiger partial charge is 0.315 e. The van der Waals surface area contributed by atoms with Crippen LogP contribution in [0.3, 0.4) is 0 Å². The van der Waals surface area contributed by atoms with Crippen molar-refractivity contribution >= 4 is 6.03 Å². The Hall–Kier alpha value is -1.95. The van der Waals surface area contributed by atoms with Gasteiger partial charge in [0.1, 0.15) is 13.2 Å². The van der Waals surface area contributed by atoms with Crippen LogP contribution in [0.1, 0.15) is 31.2 Å². The van der Waals surface area contributed by atoms with Gasteiger partial charge >= 0.3 is 6.03 Å². The van der Waals surface area contributed by atoms with Crippen molar-refractivity contribution in [3.8, 4) is 11.5 Å². The molecule has 6 nitrogen and oxygen atoms in total. The van der Waals surface area contributed by atoms with E-state index >= 15 is 0 Å². The van der Waals surface area contributed by atoms with Crippen LogP contribution in [-0.2, 0) is 6.42 Å². The topological polar surface area (TPSA) is 62.8 Å². The van der Waals surface area contributed by atoms with Gasteiger partial charge in [-0.25, -0.2) is 4.79 Å². The van der Waals surface area contributed by atoms with E-state index in [1.54, 1.807) is 0 Å². The highest BCUT2D eigenvalue weighted by Gasteiger charge is 2.36. The van der Waals surface area contributed by atoms with Crippen molar-refractivity contribution in [3.63, 3.8) is 0 Å². The Kier molecular flexibility index (Phi) is 4.97. The number of nitrogens with one attached hydrogen (secondary N) is 2. The highest BCUT2D eigenvalue weighted by atomic mass is 16.6. The fraction of sp³-hybridized carbons (Fsp3) is 0.632. The molecular weight excluding hydrogens is 318 g/mol. The lowest BCUT2D eigenvalue weighted by atomic mass is 9.99. The maximum atomic E-state index is 12.2. The zero-order valence-corrected chi connectivity index (χ0v) is 14.6. The number of urea groups is 1. The molecule has 1 aromatic rings. The monoisotopic (exact) mass is 345 g/mol. The van der Waals surface area contributed by atoms with E-state index in [9.17, 15) is 4.79 Å². The van der Waals surface area contributed by atoms with Crippen LogP contribution in [0, 0.1) is 0 Å². The third-order valence-electron chi connectivity index (χ3n) is 5.48. The second-order valence-corrected chi connectivity index (χ2v) is 7.12. The molecule has 0 bridgehead atoms. The van der Waals surface area contributed by atoms with Crippen LogP contribution >= 0.6 is 0 Å². The maximum Gasteiger partial charge on any atom is 0.315 e. The molecule has 6 heteroatoms. The second-order valence-electron chi connectivity index (χ2n) is 7.12.